The van der Waals surface area contributed by atoms with Gasteiger partial charge in [-0.1, -0.05) is 0 Å². The van der Waals surface area contributed by atoms with Crippen LogP contribution in [0.4, 0.5) is 5.82 Å². The van der Waals surface area contributed by atoms with Crippen LogP contribution in [-0.4, -0.2) is 46.0 Å². The van der Waals surface area contributed by atoms with Gasteiger partial charge in [0.1, 0.15) is 11.9 Å². The quantitative estimate of drug-likeness (QED) is 0.766. The average Bonchev–Trinajstić information content (AvgIpc) is 2.70. The molecule has 4 heterocycles. The minimum absolute atomic E-state index is 0.0648. The monoisotopic (exact) mass is 360 g/mol. The number of nitriles is 1. The van der Waals surface area contributed by atoms with Crippen molar-refractivity contribution in [3.05, 3.63) is 63.7 Å². The third-order valence-electron chi connectivity index (χ3n) is 4.91. The molecule has 0 atom stereocenters. The molecule has 0 amide bonds. The lowest BCUT2D eigenvalue weighted by molar-refractivity contribution is 0.249. The van der Waals surface area contributed by atoms with Gasteiger partial charge in [-0.25, -0.2) is 4.98 Å². The second kappa shape index (κ2) is 7.17. The highest BCUT2D eigenvalue weighted by atomic mass is 16.1. The number of nitrogens with one attached hydrogen (secondary N) is 1. The van der Waals surface area contributed by atoms with E-state index in [9.17, 15) is 4.79 Å². The van der Waals surface area contributed by atoms with Gasteiger partial charge in [0.05, 0.1) is 16.6 Å². The van der Waals surface area contributed by atoms with Crippen molar-refractivity contribution in [3.8, 4) is 6.07 Å². The lowest BCUT2D eigenvalue weighted by atomic mass is 10.2. The molecule has 7 heteroatoms. The molecule has 4 rings (SSSR count). The van der Waals surface area contributed by atoms with E-state index in [1.54, 1.807) is 19.2 Å². The zero-order valence-corrected chi connectivity index (χ0v) is 15.1. The van der Waals surface area contributed by atoms with Gasteiger partial charge >= 0.3 is 0 Å². The van der Waals surface area contributed by atoms with Crippen LogP contribution in [0.25, 0.3) is 11.0 Å². The van der Waals surface area contributed by atoms with Crippen molar-refractivity contribution in [1.82, 2.24) is 19.9 Å². The Morgan fingerprint density at radius 3 is 2.67 bits per heavy atom. The van der Waals surface area contributed by atoms with E-state index in [1.807, 2.05) is 24.4 Å². The number of hydrogen-bond acceptors (Lipinski definition) is 6. The number of nitrogens with zero attached hydrogens (tertiary/aromatic N) is 5. The molecular formula is C20H20N6O. The number of pyridine rings is 3. The number of piperazine rings is 1. The predicted octanol–water partition coefficient (Wildman–Crippen LogP) is 1.82. The summed E-state index contributed by atoms with van der Waals surface area (Å²) in [5, 5.41) is 8.87. The molecule has 0 unspecified atom stereocenters. The fraction of sp³-hybridized carbons (Fsp3) is 0.300. The second-order valence-corrected chi connectivity index (χ2v) is 6.84. The summed E-state index contributed by atoms with van der Waals surface area (Å²) in [7, 11) is 0. The fourth-order valence-electron chi connectivity index (χ4n) is 3.34. The first kappa shape index (κ1) is 17.2. The van der Waals surface area contributed by atoms with Gasteiger partial charge in [0, 0.05) is 50.7 Å². The predicted molar refractivity (Wildman–Crippen MR) is 104 cm³/mol. The van der Waals surface area contributed by atoms with Crippen molar-refractivity contribution in [2.75, 3.05) is 31.1 Å². The van der Waals surface area contributed by atoms with Crippen molar-refractivity contribution in [1.29, 1.82) is 5.26 Å². The van der Waals surface area contributed by atoms with Gasteiger partial charge in [-0.2, -0.15) is 5.26 Å². The minimum Gasteiger partial charge on any atom is -0.354 e. The molecule has 136 valence electrons. The molecule has 3 aromatic heterocycles. The first-order chi connectivity index (χ1) is 13.1. The number of aromatic nitrogens is 3. The van der Waals surface area contributed by atoms with Crippen LogP contribution in [0.15, 0.2) is 41.5 Å². The summed E-state index contributed by atoms with van der Waals surface area (Å²) >= 11 is 0. The molecule has 27 heavy (non-hydrogen) atoms. The molecule has 0 radical (unpaired) electrons. The Morgan fingerprint density at radius 2 is 1.96 bits per heavy atom. The fourth-order valence-corrected chi connectivity index (χ4v) is 3.34. The zero-order valence-electron chi connectivity index (χ0n) is 15.1. The molecular weight excluding hydrogens is 340 g/mol. The van der Waals surface area contributed by atoms with Crippen molar-refractivity contribution in [3.63, 3.8) is 0 Å². The van der Waals surface area contributed by atoms with E-state index in [-0.39, 0.29) is 5.56 Å². The van der Waals surface area contributed by atoms with Crippen LogP contribution in [0.3, 0.4) is 0 Å². The molecule has 0 saturated carbocycles. The van der Waals surface area contributed by atoms with Crippen molar-refractivity contribution >= 4 is 16.9 Å². The Bertz CT molecular complexity index is 1060. The van der Waals surface area contributed by atoms with Crippen LogP contribution in [0, 0.1) is 18.3 Å². The van der Waals surface area contributed by atoms with Crippen LogP contribution in [0.5, 0.6) is 0 Å². The van der Waals surface area contributed by atoms with Gasteiger partial charge < -0.3 is 9.88 Å². The van der Waals surface area contributed by atoms with Gasteiger partial charge in [-0.3, -0.25) is 14.7 Å². The molecule has 0 spiro atoms. The number of fused-ring (bicyclic) bond motifs is 1. The molecule has 1 aliphatic rings. The number of aromatic amines is 1. The largest absolute Gasteiger partial charge is 0.354 e. The highest BCUT2D eigenvalue weighted by Crippen LogP contribution is 2.16. The average molecular weight is 360 g/mol. The topological polar surface area (TPSA) is 88.9 Å². The zero-order chi connectivity index (χ0) is 18.8. The first-order valence-corrected chi connectivity index (χ1v) is 8.94. The molecule has 1 aliphatic heterocycles. The number of H-pyrrole nitrogens is 1. The third kappa shape index (κ3) is 3.66. The lowest BCUT2D eigenvalue weighted by Crippen LogP contribution is -2.46. The van der Waals surface area contributed by atoms with Gasteiger partial charge in [-0.05, 0) is 36.8 Å². The molecule has 7 nitrogen and oxygen atoms in total. The standard InChI is InChI=1S/C20H20N6O/c1-14-8-17-18(24-20(14)27)9-16(12-22-17)13-25-4-6-26(7-5-25)19-3-2-15(10-21)11-23-19/h2-3,8-9,11-12H,4-7,13H2,1H3,(H,24,27). The summed E-state index contributed by atoms with van der Waals surface area (Å²) in [6.07, 6.45) is 3.50. The SMILES string of the molecule is Cc1cc2ncc(CN3CCN(c4ccc(C#N)cn4)CC3)cc2[nH]c1=O. The van der Waals surface area contributed by atoms with Crippen LogP contribution in [-0.2, 0) is 6.54 Å². The van der Waals surface area contributed by atoms with Crippen LogP contribution < -0.4 is 10.5 Å². The van der Waals surface area contributed by atoms with E-state index in [4.69, 9.17) is 5.26 Å². The van der Waals surface area contributed by atoms with Gasteiger partial charge in [-0.15, -0.1) is 0 Å². The lowest BCUT2D eigenvalue weighted by Gasteiger charge is -2.35. The minimum atomic E-state index is -0.0648. The number of aryl methyl sites for hydroxylation is 1. The summed E-state index contributed by atoms with van der Waals surface area (Å²) < 4.78 is 0. The van der Waals surface area contributed by atoms with E-state index < -0.39 is 0 Å². The normalized spacial score (nSPS) is 15.0. The summed E-state index contributed by atoms with van der Waals surface area (Å²) in [6.45, 7) is 6.20. The van der Waals surface area contributed by atoms with Crippen LogP contribution >= 0.6 is 0 Å². The highest BCUT2D eigenvalue weighted by Gasteiger charge is 2.18. The molecule has 1 N–H and O–H groups in total. The Balaban J connectivity index is 1.41. The summed E-state index contributed by atoms with van der Waals surface area (Å²) in [4.78, 5) is 28.2. The summed E-state index contributed by atoms with van der Waals surface area (Å²) in [5.41, 5.74) is 3.87. The molecule has 1 saturated heterocycles. The van der Waals surface area contributed by atoms with Crippen molar-refractivity contribution in [2.24, 2.45) is 0 Å². The van der Waals surface area contributed by atoms with E-state index in [0.29, 0.717) is 11.1 Å². The summed E-state index contributed by atoms with van der Waals surface area (Å²) in [6, 6.07) is 9.63. The first-order valence-electron chi connectivity index (χ1n) is 8.94. The Morgan fingerprint density at radius 1 is 1.15 bits per heavy atom. The second-order valence-electron chi connectivity index (χ2n) is 6.84. The Labute approximate surface area is 156 Å². The Hall–Kier alpha value is -3.24. The van der Waals surface area contributed by atoms with Crippen molar-refractivity contribution in [2.45, 2.75) is 13.5 Å². The molecule has 0 aromatic carbocycles. The van der Waals surface area contributed by atoms with Crippen molar-refractivity contribution < 1.29 is 0 Å². The van der Waals surface area contributed by atoms with E-state index in [2.05, 4.69) is 30.8 Å². The van der Waals surface area contributed by atoms with Gasteiger partial charge in [0.15, 0.2) is 0 Å². The molecule has 3 aromatic rings. The highest BCUT2D eigenvalue weighted by molar-refractivity contribution is 5.74. The van der Waals surface area contributed by atoms with E-state index in [0.717, 1.165) is 55.1 Å². The number of hydrogen-bond donors (Lipinski definition) is 1. The third-order valence-corrected chi connectivity index (χ3v) is 4.91. The Kier molecular flexibility index (Phi) is 4.57. The number of rotatable bonds is 3. The maximum atomic E-state index is 11.8. The van der Waals surface area contributed by atoms with Gasteiger partial charge in [0.25, 0.3) is 5.56 Å². The van der Waals surface area contributed by atoms with Crippen LogP contribution in [0.2, 0.25) is 0 Å². The maximum Gasteiger partial charge on any atom is 0.251 e. The summed E-state index contributed by atoms with van der Waals surface area (Å²) in [5.74, 6) is 0.911. The van der Waals surface area contributed by atoms with Gasteiger partial charge in [0.2, 0.25) is 0 Å². The van der Waals surface area contributed by atoms with Crippen LogP contribution in [0.1, 0.15) is 16.7 Å². The maximum absolute atomic E-state index is 11.8. The molecule has 0 aliphatic carbocycles. The van der Waals surface area contributed by atoms with E-state index >= 15 is 0 Å². The molecule has 0 bridgehead atoms. The smallest absolute Gasteiger partial charge is 0.251 e. The molecule has 1 fully saturated rings. The van der Waals surface area contributed by atoms with E-state index in [1.165, 1.54) is 0 Å². The number of anilines is 1.